The molecule has 1 saturated heterocycles. The third-order valence-electron chi connectivity index (χ3n) is 5.13. The van der Waals surface area contributed by atoms with E-state index in [0.717, 1.165) is 19.6 Å². The number of oxazole rings is 1. The quantitative estimate of drug-likeness (QED) is 0.482. The number of piperazine rings is 1. The van der Waals surface area contributed by atoms with Crippen molar-refractivity contribution in [2.75, 3.05) is 26.2 Å². The Morgan fingerprint density at radius 1 is 1.07 bits per heavy atom. The maximum Gasteiger partial charge on any atom is 0.420 e. The van der Waals surface area contributed by atoms with Crippen LogP contribution in [-0.2, 0) is 17.9 Å². The number of benzene rings is 2. The number of carbonyl (C=O) groups excluding carboxylic acids is 1. The van der Waals surface area contributed by atoms with Crippen molar-refractivity contribution >= 4 is 22.7 Å². The second-order valence-corrected chi connectivity index (χ2v) is 7.01. The molecule has 1 aliphatic rings. The van der Waals surface area contributed by atoms with Crippen molar-refractivity contribution in [2.24, 2.45) is 0 Å². The van der Waals surface area contributed by atoms with Gasteiger partial charge in [-0.05, 0) is 11.6 Å². The van der Waals surface area contributed by atoms with Gasteiger partial charge in [0.05, 0.1) is 16.5 Å². The molecule has 0 radical (unpaired) electrons. The highest BCUT2D eigenvalue weighted by molar-refractivity contribution is 5.80. The van der Waals surface area contributed by atoms with E-state index in [-0.39, 0.29) is 23.7 Å². The van der Waals surface area contributed by atoms with Crippen LogP contribution < -0.4 is 5.76 Å². The first-order valence-corrected chi connectivity index (χ1v) is 9.33. The van der Waals surface area contributed by atoms with Crippen LogP contribution in [-0.4, -0.2) is 51.4 Å². The summed E-state index contributed by atoms with van der Waals surface area (Å²) in [6.07, 6.45) is 0. The summed E-state index contributed by atoms with van der Waals surface area (Å²) in [6.45, 7) is 3.38. The predicted molar refractivity (Wildman–Crippen MR) is 105 cm³/mol. The molecule has 1 aromatic heterocycles. The molecular weight excluding hydrogens is 376 g/mol. The molecule has 29 heavy (non-hydrogen) atoms. The molecule has 1 fully saturated rings. The summed E-state index contributed by atoms with van der Waals surface area (Å²) in [5.41, 5.74) is 1.54. The summed E-state index contributed by atoms with van der Waals surface area (Å²) in [4.78, 5) is 39.2. The van der Waals surface area contributed by atoms with E-state index in [2.05, 4.69) is 17.0 Å². The second kappa shape index (κ2) is 7.88. The molecular formula is C20H20N4O5. The number of hydrogen-bond acceptors (Lipinski definition) is 6. The fourth-order valence-electron chi connectivity index (χ4n) is 3.55. The summed E-state index contributed by atoms with van der Waals surface area (Å²) < 4.78 is 6.31. The molecule has 4 rings (SSSR count). The average molecular weight is 396 g/mol. The van der Waals surface area contributed by atoms with Gasteiger partial charge in [-0.25, -0.2) is 4.79 Å². The third kappa shape index (κ3) is 4.04. The third-order valence-corrected chi connectivity index (χ3v) is 5.13. The Labute approximate surface area is 165 Å². The van der Waals surface area contributed by atoms with E-state index in [4.69, 9.17) is 4.42 Å². The van der Waals surface area contributed by atoms with Crippen molar-refractivity contribution in [2.45, 2.75) is 13.1 Å². The highest BCUT2D eigenvalue weighted by Gasteiger charge is 2.23. The minimum absolute atomic E-state index is 0.102. The average Bonchev–Trinajstić information content (AvgIpc) is 3.03. The Morgan fingerprint density at radius 2 is 1.79 bits per heavy atom. The summed E-state index contributed by atoms with van der Waals surface area (Å²) in [6, 6.07) is 14.1. The van der Waals surface area contributed by atoms with Crippen LogP contribution in [0, 0.1) is 10.1 Å². The lowest BCUT2D eigenvalue weighted by molar-refractivity contribution is -0.384. The maximum absolute atomic E-state index is 12.7. The number of carbonyl (C=O) groups is 1. The second-order valence-electron chi connectivity index (χ2n) is 7.01. The largest absolute Gasteiger partial charge is 0.420 e. The van der Waals surface area contributed by atoms with Crippen LogP contribution in [0.1, 0.15) is 5.56 Å². The molecule has 2 aromatic carbocycles. The fraction of sp³-hybridized carbons (Fsp3) is 0.300. The van der Waals surface area contributed by atoms with Gasteiger partial charge in [-0.1, -0.05) is 30.3 Å². The van der Waals surface area contributed by atoms with Crippen molar-refractivity contribution in [1.29, 1.82) is 0 Å². The fourth-order valence-corrected chi connectivity index (χ4v) is 3.55. The van der Waals surface area contributed by atoms with Crippen molar-refractivity contribution in [3.63, 3.8) is 0 Å². The molecule has 2 heterocycles. The number of hydrogen-bond donors (Lipinski definition) is 0. The summed E-state index contributed by atoms with van der Waals surface area (Å²) >= 11 is 0. The SMILES string of the molecule is O=C(Cn1c(=O)oc2cc([N+](=O)[O-])ccc21)N1CCN(Cc2ccccc2)CC1. The van der Waals surface area contributed by atoms with Gasteiger partial charge in [0.15, 0.2) is 5.58 Å². The summed E-state index contributed by atoms with van der Waals surface area (Å²) in [5, 5.41) is 10.9. The molecule has 3 aromatic rings. The van der Waals surface area contributed by atoms with E-state index in [1.807, 2.05) is 18.2 Å². The molecule has 1 amide bonds. The molecule has 9 heteroatoms. The monoisotopic (exact) mass is 396 g/mol. The van der Waals surface area contributed by atoms with Gasteiger partial charge in [0.1, 0.15) is 6.54 Å². The molecule has 150 valence electrons. The lowest BCUT2D eigenvalue weighted by Gasteiger charge is -2.34. The zero-order valence-corrected chi connectivity index (χ0v) is 15.7. The van der Waals surface area contributed by atoms with Crippen LogP contribution in [0.4, 0.5) is 5.69 Å². The Bertz CT molecular complexity index is 1100. The smallest absolute Gasteiger partial charge is 0.407 e. The van der Waals surface area contributed by atoms with Gasteiger partial charge in [0, 0.05) is 38.8 Å². The van der Waals surface area contributed by atoms with E-state index in [9.17, 15) is 19.7 Å². The molecule has 0 unspecified atom stereocenters. The first-order chi connectivity index (χ1) is 14.0. The van der Waals surface area contributed by atoms with Gasteiger partial charge in [-0.3, -0.25) is 24.4 Å². The molecule has 1 aliphatic heterocycles. The van der Waals surface area contributed by atoms with E-state index in [1.165, 1.54) is 28.3 Å². The van der Waals surface area contributed by atoms with Crippen molar-refractivity contribution in [3.8, 4) is 0 Å². The number of aromatic nitrogens is 1. The van der Waals surface area contributed by atoms with Crippen LogP contribution in [0.15, 0.2) is 57.7 Å². The standard InChI is InChI=1S/C20H20N4O5/c25-19(22-10-8-21(9-11-22)13-15-4-2-1-3-5-15)14-23-17-7-6-16(24(27)28)12-18(17)29-20(23)26/h1-7,12H,8-11,13-14H2. The Hall–Kier alpha value is -3.46. The molecule has 0 spiro atoms. The highest BCUT2D eigenvalue weighted by Crippen LogP contribution is 2.20. The predicted octanol–water partition coefficient (Wildman–Crippen LogP) is 1.85. The Kier molecular flexibility index (Phi) is 5.13. The van der Waals surface area contributed by atoms with E-state index >= 15 is 0 Å². The minimum atomic E-state index is -0.698. The Morgan fingerprint density at radius 3 is 2.48 bits per heavy atom. The molecule has 9 nitrogen and oxygen atoms in total. The van der Waals surface area contributed by atoms with Crippen molar-refractivity contribution < 1.29 is 14.1 Å². The number of nitrogens with zero attached hydrogens (tertiary/aromatic N) is 4. The zero-order chi connectivity index (χ0) is 20.4. The normalized spacial score (nSPS) is 15.0. The minimum Gasteiger partial charge on any atom is -0.407 e. The molecule has 0 bridgehead atoms. The first-order valence-electron chi connectivity index (χ1n) is 9.33. The van der Waals surface area contributed by atoms with Gasteiger partial charge >= 0.3 is 5.76 Å². The van der Waals surface area contributed by atoms with Crippen LogP contribution in [0.2, 0.25) is 0 Å². The van der Waals surface area contributed by atoms with Crippen LogP contribution in [0.25, 0.3) is 11.1 Å². The van der Waals surface area contributed by atoms with Crippen molar-refractivity contribution in [3.05, 3.63) is 74.8 Å². The molecule has 0 atom stereocenters. The summed E-state index contributed by atoms with van der Waals surface area (Å²) in [5.74, 6) is -0.871. The lowest BCUT2D eigenvalue weighted by atomic mass is 10.2. The van der Waals surface area contributed by atoms with E-state index in [0.29, 0.717) is 18.6 Å². The first kappa shape index (κ1) is 18.9. The summed E-state index contributed by atoms with van der Waals surface area (Å²) in [7, 11) is 0. The Balaban J connectivity index is 1.41. The molecule has 0 N–H and O–H groups in total. The lowest BCUT2D eigenvalue weighted by Crippen LogP contribution is -2.49. The van der Waals surface area contributed by atoms with Gasteiger partial charge in [-0.2, -0.15) is 0 Å². The number of non-ortho nitro benzene ring substituents is 1. The van der Waals surface area contributed by atoms with Gasteiger partial charge < -0.3 is 9.32 Å². The van der Waals surface area contributed by atoms with E-state index < -0.39 is 10.7 Å². The molecule has 0 saturated carbocycles. The number of rotatable bonds is 5. The van der Waals surface area contributed by atoms with Crippen LogP contribution >= 0.6 is 0 Å². The number of nitro benzene ring substituents is 1. The van der Waals surface area contributed by atoms with Crippen molar-refractivity contribution in [1.82, 2.24) is 14.4 Å². The van der Waals surface area contributed by atoms with Gasteiger partial charge in [0.2, 0.25) is 5.91 Å². The van der Waals surface area contributed by atoms with E-state index in [1.54, 1.807) is 4.90 Å². The maximum atomic E-state index is 12.7. The zero-order valence-electron chi connectivity index (χ0n) is 15.7. The number of nitro groups is 1. The highest BCUT2D eigenvalue weighted by atomic mass is 16.6. The molecule has 0 aliphatic carbocycles. The van der Waals surface area contributed by atoms with Crippen LogP contribution in [0.5, 0.6) is 0 Å². The number of amides is 1. The number of fused-ring (bicyclic) bond motifs is 1. The topological polar surface area (TPSA) is 102 Å². The van der Waals surface area contributed by atoms with Crippen LogP contribution in [0.3, 0.4) is 0 Å². The van der Waals surface area contributed by atoms with Gasteiger partial charge in [0.25, 0.3) is 5.69 Å². The van der Waals surface area contributed by atoms with Gasteiger partial charge in [-0.15, -0.1) is 0 Å².